The molecular formula is C22H25ClN8O4S. The van der Waals surface area contributed by atoms with Crippen molar-refractivity contribution >= 4 is 33.1 Å². The number of methoxy groups -OCH3 is 2. The standard InChI is InChI=1S/C22H25ClN8O4S/c1-14(18(35-3)19-24-10-15(23)11-25-19)36(32,33)29-21-28-27-20(31(21)22(7-8-22)13-34-2)16-12-26-30-9-5-4-6-17(16)30/h4-6,9-12,14,18H,7-8,13H2,1-3H3,(H,28,29)/t14-,18-/m0/s1. The second kappa shape index (κ2) is 9.39. The van der Waals surface area contributed by atoms with Gasteiger partial charge < -0.3 is 9.47 Å². The third-order valence-corrected chi connectivity index (χ3v) is 8.23. The van der Waals surface area contributed by atoms with Gasteiger partial charge in [-0.2, -0.15) is 5.10 Å². The zero-order valence-electron chi connectivity index (χ0n) is 19.9. The predicted octanol–water partition coefficient (Wildman–Crippen LogP) is 2.69. The van der Waals surface area contributed by atoms with Gasteiger partial charge in [-0.15, -0.1) is 10.2 Å². The zero-order chi connectivity index (χ0) is 25.5. The molecule has 5 rings (SSSR count). The van der Waals surface area contributed by atoms with E-state index in [1.807, 2.05) is 29.0 Å². The Hall–Kier alpha value is -3.13. The second-order valence-corrected chi connectivity index (χ2v) is 11.2. The monoisotopic (exact) mass is 532 g/mol. The van der Waals surface area contributed by atoms with Gasteiger partial charge in [-0.3, -0.25) is 9.29 Å². The lowest BCUT2D eigenvalue weighted by molar-refractivity contribution is 0.0950. The molecule has 0 aromatic carbocycles. The highest BCUT2D eigenvalue weighted by molar-refractivity contribution is 7.93. The first-order valence-electron chi connectivity index (χ1n) is 11.2. The van der Waals surface area contributed by atoms with E-state index in [1.54, 1.807) is 17.8 Å². The summed E-state index contributed by atoms with van der Waals surface area (Å²) in [5.41, 5.74) is 1.08. The van der Waals surface area contributed by atoms with Gasteiger partial charge in [0.2, 0.25) is 16.0 Å². The van der Waals surface area contributed by atoms with E-state index in [1.165, 1.54) is 26.4 Å². The summed E-state index contributed by atoms with van der Waals surface area (Å²) in [5, 5.41) is 12.3. The normalized spacial score (nSPS) is 16.7. The Bertz CT molecular complexity index is 1480. The molecule has 0 bridgehead atoms. The first kappa shape index (κ1) is 24.6. The zero-order valence-corrected chi connectivity index (χ0v) is 21.4. The Morgan fingerprint density at radius 2 is 1.92 bits per heavy atom. The second-order valence-electron chi connectivity index (χ2n) is 8.70. The number of aromatic nitrogens is 7. The van der Waals surface area contributed by atoms with E-state index in [9.17, 15) is 8.42 Å². The van der Waals surface area contributed by atoms with Crippen LogP contribution in [0.1, 0.15) is 31.7 Å². The fourth-order valence-electron chi connectivity index (χ4n) is 4.29. The van der Waals surface area contributed by atoms with Crippen molar-refractivity contribution in [2.75, 3.05) is 25.5 Å². The van der Waals surface area contributed by atoms with Crippen LogP contribution in [0, 0.1) is 0 Å². The first-order valence-corrected chi connectivity index (χ1v) is 13.1. The molecule has 0 unspecified atom stereocenters. The summed E-state index contributed by atoms with van der Waals surface area (Å²) in [6, 6.07) is 5.69. The quantitative estimate of drug-likeness (QED) is 0.326. The number of pyridine rings is 1. The number of sulfonamides is 1. The molecule has 1 fully saturated rings. The highest BCUT2D eigenvalue weighted by Crippen LogP contribution is 2.48. The van der Waals surface area contributed by atoms with Crippen LogP contribution in [0.4, 0.5) is 5.95 Å². The molecule has 0 radical (unpaired) electrons. The molecule has 1 aliphatic rings. The number of rotatable bonds is 10. The van der Waals surface area contributed by atoms with Crippen LogP contribution >= 0.6 is 11.6 Å². The molecule has 1 saturated carbocycles. The lowest BCUT2D eigenvalue weighted by Crippen LogP contribution is -2.35. The molecule has 4 heterocycles. The van der Waals surface area contributed by atoms with E-state index in [0.29, 0.717) is 17.5 Å². The largest absolute Gasteiger partial charge is 0.382 e. The highest BCUT2D eigenvalue weighted by Gasteiger charge is 2.49. The van der Waals surface area contributed by atoms with Crippen LogP contribution in [0.15, 0.2) is 43.0 Å². The molecule has 0 spiro atoms. The number of hydrogen-bond acceptors (Lipinski definition) is 9. The summed E-state index contributed by atoms with van der Waals surface area (Å²) in [6.45, 7) is 1.89. The molecule has 0 saturated heterocycles. The fourth-order valence-corrected chi connectivity index (χ4v) is 5.51. The third kappa shape index (κ3) is 4.32. The molecule has 2 atom stereocenters. The van der Waals surface area contributed by atoms with Gasteiger partial charge in [0.1, 0.15) is 11.4 Å². The number of nitrogens with one attached hydrogen (secondary N) is 1. The van der Waals surface area contributed by atoms with Crippen molar-refractivity contribution in [3.63, 3.8) is 0 Å². The van der Waals surface area contributed by atoms with E-state index in [0.717, 1.165) is 23.9 Å². The molecule has 0 amide bonds. The molecule has 4 aromatic rings. The highest BCUT2D eigenvalue weighted by atomic mass is 35.5. The summed E-state index contributed by atoms with van der Waals surface area (Å²) in [5.74, 6) is 0.792. The topological polar surface area (TPSA) is 138 Å². The van der Waals surface area contributed by atoms with Gasteiger partial charge in [-0.25, -0.2) is 22.9 Å². The van der Waals surface area contributed by atoms with Crippen molar-refractivity contribution in [2.45, 2.75) is 36.7 Å². The molecule has 1 N–H and O–H groups in total. The van der Waals surface area contributed by atoms with Crippen LogP contribution in [0.3, 0.4) is 0 Å². The molecule has 14 heteroatoms. The van der Waals surface area contributed by atoms with Crippen LogP contribution in [0.5, 0.6) is 0 Å². The van der Waals surface area contributed by atoms with Gasteiger partial charge in [-0.1, -0.05) is 17.7 Å². The maximum Gasteiger partial charge on any atom is 0.240 e. The Morgan fingerprint density at radius 1 is 1.17 bits per heavy atom. The Morgan fingerprint density at radius 3 is 2.58 bits per heavy atom. The van der Waals surface area contributed by atoms with E-state index in [-0.39, 0.29) is 11.8 Å². The van der Waals surface area contributed by atoms with Gasteiger partial charge >= 0.3 is 0 Å². The number of anilines is 1. The van der Waals surface area contributed by atoms with Crippen LogP contribution in [0.25, 0.3) is 16.9 Å². The Kier molecular flexibility index (Phi) is 6.41. The van der Waals surface area contributed by atoms with Crippen molar-refractivity contribution in [1.29, 1.82) is 0 Å². The van der Waals surface area contributed by atoms with Crippen LogP contribution in [0.2, 0.25) is 5.02 Å². The van der Waals surface area contributed by atoms with Crippen LogP contribution in [-0.2, 0) is 25.0 Å². The van der Waals surface area contributed by atoms with Crippen molar-refractivity contribution < 1.29 is 17.9 Å². The van der Waals surface area contributed by atoms with Crippen molar-refractivity contribution in [2.24, 2.45) is 0 Å². The summed E-state index contributed by atoms with van der Waals surface area (Å²) >= 11 is 5.88. The van der Waals surface area contributed by atoms with Crippen LogP contribution in [-0.4, -0.2) is 68.8 Å². The molecule has 4 aromatic heterocycles. The number of hydrogen-bond donors (Lipinski definition) is 1. The Balaban J connectivity index is 1.54. The SMILES string of the molecule is COCC1(n2c(NS(=O)(=O)[C@@H](C)[C@H](OC)c3ncc(Cl)cn3)nnc2-c2cnn3ccccc23)CC1. The summed E-state index contributed by atoms with van der Waals surface area (Å²) in [7, 11) is -1.01. The molecule has 1 aliphatic carbocycles. The third-order valence-electron chi connectivity index (χ3n) is 6.34. The predicted molar refractivity (Wildman–Crippen MR) is 132 cm³/mol. The summed E-state index contributed by atoms with van der Waals surface area (Å²) in [4.78, 5) is 8.26. The van der Waals surface area contributed by atoms with E-state index < -0.39 is 26.9 Å². The van der Waals surface area contributed by atoms with E-state index in [4.69, 9.17) is 21.1 Å². The molecule has 36 heavy (non-hydrogen) atoms. The number of halogens is 1. The van der Waals surface area contributed by atoms with Gasteiger partial charge in [0.25, 0.3) is 0 Å². The fraction of sp³-hybridized carbons (Fsp3) is 0.409. The van der Waals surface area contributed by atoms with Gasteiger partial charge in [0, 0.05) is 32.8 Å². The molecular weight excluding hydrogens is 508 g/mol. The van der Waals surface area contributed by atoms with Gasteiger partial charge in [0.05, 0.1) is 34.4 Å². The maximum atomic E-state index is 13.5. The van der Waals surface area contributed by atoms with Gasteiger partial charge in [-0.05, 0) is 31.9 Å². The minimum absolute atomic E-state index is 0.0913. The van der Waals surface area contributed by atoms with Crippen molar-refractivity contribution in [3.05, 3.63) is 53.8 Å². The minimum atomic E-state index is -4.02. The lowest BCUT2D eigenvalue weighted by atomic mass is 10.2. The molecule has 12 nitrogen and oxygen atoms in total. The average molecular weight is 533 g/mol. The summed E-state index contributed by atoms with van der Waals surface area (Å²) in [6.07, 6.45) is 6.94. The van der Waals surface area contributed by atoms with Gasteiger partial charge in [0.15, 0.2) is 11.6 Å². The number of fused-ring (bicyclic) bond motifs is 1. The minimum Gasteiger partial charge on any atom is -0.382 e. The molecule has 190 valence electrons. The first-order chi connectivity index (χ1) is 17.3. The number of ether oxygens (including phenoxy) is 2. The van der Waals surface area contributed by atoms with Crippen molar-refractivity contribution in [3.8, 4) is 11.4 Å². The van der Waals surface area contributed by atoms with Crippen LogP contribution < -0.4 is 4.72 Å². The lowest BCUT2D eigenvalue weighted by Gasteiger charge is -2.24. The average Bonchev–Trinajstić information content (AvgIpc) is 3.32. The van der Waals surface area contributed by atoms with Crippen molar-refractivity contribution in [1.82, 2.24) is 34.3 Å². The smallest absolute Gasteiger partial charge is 0.240 e. The Labute approximate surface area is 212 Å². The maximum absolute atomic E-state index is 13.5. The summed E-state index contributed by atoms with van der Waals surface area (Å²) < 4.78 is 44.1. The number of nitrogens with zero attached hydrogens (tertiary/aromatic N) is 7. The van der Waals surface area contributed by atoms with E-state index in [2.05, 4.69) is 30.0 Å². The van der Waals surface area contributed by atoms with E-state index >= 15 is 0 Å². The molecule has 0 aliphatic heterocycles.